The van der Waals surface area contributed by atoms with Gasteiger partial charge in [-0.15, -0.1) is 6.58 Å². The van der Waals surface area contributed by atoms with E-state index in [0.29, 0.717) is 12.4 Å². The Balaban J connectivity index is 2.79. The first-order valence-corrected chi connectivity index (χ1v) is 5.87. The Kier molecular flexibility index (Phi) is 5.49. The second-order valence-corrected chi connectivity index (χ2v) is 4.14. The molecule has 1 N–H and O–H groups in total. The minimum Gasteiger partial charge on any atom is -0.493 e. The van der Waals surface area contributed by atoms with Crippen LogP contribution >= 0.6 is 15.9 Å². The molecule has 4 heteroatoms. The van der Waals surface area contributed by atoms with Gasteiger partial charge in [-0.25, -0.2) is 4.79 Å². The Hall–Kier alpha value is -1.55. The summed E-state index contributed by atoms with van der Waals surface area (Å²) in [7, 11) is 0. The van der Waals surface area contributed by atoms with Crippen molar-refractivity contribution in [3.8, 4) is 5.75 Å². The zero-order valence-electron chi connectivity index (χ0n) is 9.23. The molecule has 0 aliphatic heterocycles. The maximum atomic E-state index is 10.4. The average molecular weight is 297 g/mol. The number of ether oxygens (including phenoxy) is 1. The van der Waals surface area contributed by atoms with Crippen LogP contribution in [-0.4, -0.2) is 17.7 Å². The third kappa shape index (κ3) is 4.87. The predicted molar refractivity (Wildman–Crippen MR) is 71.1 cm³/mol. The largest absolute Gasteiger partial charge is 0.493 e. The van der Waals surface area contributed by atoms with Crippen LogP contribution in [0.5, 0.6) is 5.75 Å². The van der Waals surface area contributed by atoms with E-state index in [1.54, 1.807) is 12.1 Å². The van der Waals surface area contributed by atoms with E-state index in [0.717, 1.165) is 22.5 Å². The number of hydrogen-bond acceptors (Lipinski definition) is 2. The van der Waals surface area contributed by atoms with Gasteiger partial charge in [0.05, 0.1) is 6.61 Å². The van der Waals surface area contributed by atoms with Gasteiger partial charge in [0, 0.05) is 10.5 Å². The van der Waals surface area contributed by atoms with E-state index in [1.807, 2.05) is 12.1 Å². The van der Waals surface area contributed by atoms with Crippen molar-refractivity contribution in [2.24, 2.45) is 0 Å². The lowest BCUT2D eigenvalue weighted by Crippen LogP contribution is -1.95. The molecule has 0 saturated heterocycles. The number of carboxylic acid groups (broad SMARTS) is 1. The highest BCUT2D eigenvalue weighted by atomic mass is 79.9. The Labute approximate surface area is 109 Å². The summed E-state index contributed by atoms with van der Waals surface area (Å²) in [5.74, 6) is -0.269. The van der Waals surface area contributed by atoms with Crippen molar-refractivity contribution in [2.75, 3.05) is 6.61 Å². The van der Waals surface area contributed by atoms with Crippen molar-refractivity contribution in [3.05, 3.63) is 47.0 Å². The fourth-order valence-electron chi connectivity index (χ4n) is 1.16. The quantitative estimate of drug-likeness (QED) is 0.496. The summed E-state index contributed by atoms with van der Waals surface area (Å²) >= 11 is 3.35. The molecule has 0 atom stereocenters. The van der Waals surface area contributed by atoms with Gasteiger partial charge in [-0.2, -0.15) is 0 Å². The van der Waals surface area contributed by atoms with Crippen LogP contribution < -0.4 is 4.74 Å². The standard InChI is InChI=1S/C13H13BrO3/c1-2-3-8-17-11-5-6-12(14)10(9-11)4-7-13(15)16/h2,4-7,9H,1,3,8H2,(H,15,16)/b7-4+. The summed E-state index contributed by atoms with van der Waals surface area (Å²) in [4.78, 5) is 10.4. The van der Waals surface area contributed by atoms with Gasteiger partial charge in [0.2, 0.25) is 0 Å². The summed E-state index contributed by atoms with van der Waals surface area (Å²) in [6.45, 7) is 4.17. The summed E-state index contributed by atoms with van der Waals surface area (Å²) in [6.07, 6.45) is 5.17. The first kappa shape index (κ1) is 13.5. The number of hydrogen-bond donors (Lipinski definition) is 1. The molecule has 0 amide bonds. The molecule has 0 unspecified atom stereocenters. The van der Waals surface area contributed by atoms with Crippen molar-refractivity contribution in [2.45, 2.75) is 6.42 Å². The molecule has 0 aliphatic carbocycles. The molecule has 0 radical (unpaired) electrons. The minimum absolute atomic E-state index is 0.563. The Morgan fingerprint density at radius 3 is 2.94 bits per heavy atom. The molecule has 17 heavy (non-hydrogen) atoms. The normalized spacial score (nSPS) is 10.4. The van der Waals surface area contributed by atoms with E-state index in [1.165, 1.54) is 6.08 Å². The fraction of sp³-hybridized carbons (Fsp3) is 0.154. The Bertz CT molecular complexity index is 438. The number of carbonyl (C=O) groups is 1. The van der Waals surface area contributed by atoms with Gasteiger partial charge in [-0.1, -0.05) is 22.0 Å². The van der Waals surface area contributed by atoms with Gasteiger partial charge < -0.3 is 9.84 Å². The molecule has 0 heterocycles. The monoisotopic (exact) mass is 296 g/mol. The first-order chi connectivity index (χ1) is 8.13. The molecule has 3 nitrogen and oxygen atoms in total. The number of halogens is 1. The van der Waals surface area contributed by atoms with E-state index in [4.69, 9.17) is 9.84 Å². The van der Waals surface area contributed by atoms with Crippen LogP contribution in [0.4, 0.5) is 0 Å². The topological polar surface area (TPSA) is 46.5 Å². The molecule has 90 valence electrons. The molecule has 1 aromatic rings. The van der Waals surface area contributed by atoms with Crippen LogP contribution in [-0.2, 0) is 4.79 Å². The molecule has 0 saturated carbocycles. The highest BCUT2D eigenvalue weighted by Crippen LogP contribution is 2.23. The highest BCUT2D eigenvalue weighted by Gasteiger charge is 2.00. The average Bonchev–Trinajstić information content (AvgIpc) is 2.29. The van der Waals surface area contributed by atoms with E-state index in [9.17, 15) is 4.79 Å². The molecule has 0 fully saturated rings. The maximum absolute atomic E-state index is 10.4. The minimum atomic E-state index is -0.977. The van der Waals surface area contributed by atoms with Gasteiger partial charge in [0.1, 0.15) is 5.75 Å². The summed E-state index contributed by atoms with van der Waals surface area (Å²) in [6, 6.07) is 5.43. The zero-order valence-corrected chi connectivity index (χ0v) is 10.8. The number of carboxylic acids is 1. The second-order valence-electron chi connectivity index (χ2n) is 3.28. The first-order valence-electron chi connectivity index (χ1n) is 5.07. The lowest BCUT2D eigenvalue weighted by molar-refractivity contribution is -0.131. The molecule has 0 bridgehead atoms. The molecule has 1 rings (SSSR count). The van der Waals surface area contributed by atoms with Gasteiger partial charge in [-0.3, -0.25) is 0 Å². The zero-order chi connectivity index (χ0) is 12.7. The molecule has 1 aromatic carbocycles. The highest BCUT2D eigenvalue weighted by molar-refractivity contribution is 9.10. The van der Waals surface area contributed by atoms with Crippen molar-refractivity contribution in [3.63, 3.8) is 0 Å². The van der Waals surface area contributed by atoms with Crippen LogP contribution in [0.2, 0.25) is 0 Å². The van der Waals surface area contributed by atoms with E-state index < -0.39 is 5.97 Å². The molecule has 0 spiro atoms. The SMILES string of the molecule is C=CCCOc1ccc(Br)c(/C=C/C(=O)O)c1. The second kappa shape index (κ2) is 6.91. The molecular formula is C13H13BrO3. The van der Waals surface area contributed by atoms with Crippen LogP contribution in [0.15, 0.2) is 41.4 Å². The van der Waals surface area contributed by atoms with Gasteiger partial charge >= 0.3 is 5.97 Å². The van der Waals surface area contributed by atoms with Crippen LogP contribution in [0.1, 0.15) is 12.0 Å². The number of benzene rings is 1. The van der Waals surface area contributed by atoms with Crippen molar-refractivity contribution >= 4 is 28.0 Å². The van der Waals surface area contributed by atoms with E-state index in [2.05, 4.69) is 22.5 Å². The lowest BCUT2D eigenvalue weighted by Gasteiger charge is -2.06. The predicted octanol–water partition coefficient (Wildman–Crippen LogP) is 3.50. The van der Waals surface area contributed by atoms with Gasteiger partial charge in [0.15, 0.2) is 0 Å². The van der Waals surface area contributed by atoms with Crippen molar-refractivity contribution in [1.29, 1.82) is 0 Å². The van der Waals surface area contributed by atoms with Crippen LogP contribution in [0, 0.1) is 0 Å². The van der Waals surface area contributed by atoms with Gasteiger partial charge in [-0.05, 0) is 36.3 Å². The molecule has 0 aliphatic rings. The van der Waals surface area contributed by atoms with Crippen LogP contribution in [0.25, 0.3) is 6.08 Å². The lowest BCUT2D eigenvalue weighted by atomic mass is 10.2. The third-order valence-corrected chi connectivity index (χ3v) is 2.69. The Morgan fingerprint density at radius 2 is 2.29 bits per heavy atom. The van der Waals surface area contributed by atoms with Gasteiger partial charge in [0.25, 0.3) is 0 Å². The number of aliphatic carboxylic acids is 1. The fourth-order valence-corrected chi connectivity index (χ4v) is 1.54. The van der Waals surface area contributed by atoms with Crippen LogP contribution in [0.3, 0.4) is 0 Å². The van der Waals surface area contributed by atoms with E-state index in [-0.39, 0.29) is 0 Å². The molecule has 0 aromatic heterocycles. The maximum Gasteiger partial charge on any atom is 0.328 e. The Morgan fingerprint density at radius 1 is 1.53 bits per heavy atom. The summed E-state index contributed by atoms with van der Waals surface area (Å²) in [5, 5.41) is 8.56. The van der Waals surface area contributed by atoms with E-state index >= 15 is 0 Å². The van der Waals surface area contributed by atoms with Crippen molar-refractivity contribution in [1.82, 2.24) is 0 Å². The summed E-state index contributed by atoms with van der Waals surface area (Å²) in [5.41, 5.74) is 0.767. The smallest absolute Gasteiger partial charge is 0.328 e. The third-order valence-electron chi connectivity index (χ3n) is 1.96. The number of rotatable bonds is 6. The van der Waals surface area contributed by atoms with Crippen molar-refractivity contribution < 1.29 is 14.6 Å². The summed E-state index contributed by atoms with van der Waals surface area (Å²) < 4.78 is 6.30. The molecular weight excluding hydrogens is 284 g/mol.